The maximum Gasteiger partial charge on any atom is 0.259 e. The first-order chi connectivity index (χ1) is 14.2. The summed E-state index contributed by atoms with van der Waals surface area (Å²) in [4.78, 5) is 31.8. The lowest BCUT2D eigenvalue weighted by Crippen LogP contribution is -2.28. The molecule has 2 amide bonds. The lowest BCUT2D eigenvalue weighted by molar-refractivity contribution is 0.0790. The maximum atomic E-state index is 12.8. The number of amides is 2. The normalized spacial score (nSPS) is 18.9. The molecule has 3 aromatic rings. The van der Waals surface area contributed by atoms with Crippen LogP contribution in [-0.4, -0.2) is 47.0 Å². The third kappa shape index (κ3) is 3.16. The highest BCUT2D eigenvalue weighted by Gasteiger charge is 2.34. The van der Waals surface area contributed by atoms with E-state index in [-0.39, 0.29) is 17.7 Å². The molecule has 1 aliphatic carbocycles. The molecule has 0 radical (unpaired) electrons. The number of fused-ring (bicyclic) bond motifs is 1. The summed E-state index contributed by atoms with van der Waals surface area (Å²) in [7, 11) is 1.62. The van der Waals surface area contributed by atoms with E-state index in [9.17, 15) is 9.59 Å². The molecule has 3 heterocycles. The Hall–Kier alpha value is -3.22. The van der Waals surface area contributed by atoms with Crippen LogP contribution in [0.2, 0.25) is 0 Å². The van der Waals surface area contributed by atoms with E-state index in [0.29, 0.717) is 41.2 Å². The topological polar surface area (TPSA) is 88.3 Å². The van der Waals surface area contributed by atoms with E-state index in [1.54, 1.807) is 7.05 Å². The number of benzene rings is 1. The fourth-order valence-electron chi connectivity index (χ4n) is 4.10. The zero-order chi connectivity index (χ0) is 20.0. The molecule has 5 rings (SSSR count). The summed E-state index contributed by atoms with van der Waals surface area (Å²) < 4.78 is 5.55. The predicted molar refractivity (Wildman–Crippen MR) is 107 cm³/mol. The molecule has 1 saturated heterocycles. The van der Waals surface area contributed by atoms with E-state index < -0.39 is 0 Å². The number of nitrogens with zero attached hydrogens (tertiary/aromatic N) is 3. The van der Waals surface area contributed by atoms with Gasteiger partial charge in [0, 0.05) is 43.2 Å². The van der Waals surface area contributed by atoms with Gasteiger partial charge >= 0.3 is 0 Å². The van der Waals surface area contributed by atoms with Gasteiger partial charge in [-0.25, -0.2) is 4.98 Å². The monoisotopic (exact) mass is 390 g/mol. The number of hydrogen-bond acceptors (Lipinski definition) is 5. The van der Waals surface area contributed by atoms with Crippen molar-refractivity contribution in [2.75, 3.05) is 20.1 Å². The third-order valence-corrected chi connectivity index (χ3v) is 5.84. The molecule has 148 valence electrons. The standard InChI is InChI=1S/C22H22N4O3/c1-23-20(27)16-11-17(13-7-8-13)24-21-18(16)19(25-29-21)15-9-10-26(12-15)22(28)14-5-3-2-4-6-14/h2-6,11,13,15H,7-10,12H2,1H3,(H,23,27). The van der Waals surface area contributed by atoms with Crippen molar-refractivity contribution in [2.24, 2.45) is 0 Å². The molecule has 7 nitrogen and oxygen atoms in total. The quantitative estimate of drug-likeness (QED) is 0.740. The largest absolute Gasteiger partial charge is 0.355 e. The zero-order valence-electron chi connectivity index (χ0n) is 16.2. The van der Waals surface area contributed by atoms with E-state index in [0.717, 1.165) is 30.7 Å². The van der Waals surface area contributed by atoms with E-state index in [4.69, 9.17) is 4.52 Å². The second-order valence-electron chi connectivity index (χ2n) is 7.80. The van der Waals surface area contributed by atoms with Gasteiger partial charge in [0.2, 0.25) is 0 Å². The lowest BCUT2D eigenvalue weighted by atomic mass is 9.98. The highest BCUT2D eigenvalue weighted by molar-refractivity contribution is 6.06. The molecule has 1 aliphatic heterocycles. The highest BCUT2D eigenvalue weighted by atomic mass is 16.5. The summed E-state index contributed by atoms with van der Waals surface area (Å²) in [6.45, 7) is 1.20. The summed E-state index contributed by atoms with van der Waals surface area (Å²) in [5, 5.41) is 7.68. The number of pyridine rings is 1. The maximum absolute atomic E-state index is 12.8. The van der Waals surface area contributed by atoms with Gasteiger partial charge in [-0.15, -0.1) is 0 Å². The molecule has 1 aromatic carbocycles. The van der Waals surface area contributed by atoms with Crippen molar-refractivity contribution in [2.45, 2.75) is 31.1 Å². The summed E-state index contributed by atoms with van der Waals surface area (Å²) >= 11 is 0. The number of rotatable bonds is 4. The van der Waals surface area contributed by atoms with Gasteiger partial charge in [-0.3, -0.25) is 9.59 Å². The van der Waals surface area contributed by atoms with Crippen molar-refractivity contribution >= 4 is 22.9 Å². The van der Waals surface area contributed by atoms with Gasteiger partial charge in [-0.05, 0) is 37.5 Å². The van der Waals surface area contributed by atoms with Gasteiger partial charge < -0.3 is 14.7 Å². The molecule has 1 saturated carbocycles. The minimum Gasteiger partial charge on any atom is -0.355 e. The van der Waals surface area contributed by atoms with Gasteiger partial charge in [0.15, 0.2) is 0 Å². The van der Waals surface area contributed by atoms with Crippen LogP contribution in [0.1, 0.15) is 63.2 Å². The van der Waals surface area contributed by atoms with E-state index in [1.165, 1.54) is 0 Å². The second kappa shape index (κ2) is 6.99. The van der Waals surface area contributed by atoms with Crippen molar-refractivity contribution in [1.29, 1.82) is 0 Å². The first-order valence-corrected chi connectivity index (χ1v) is 10.0. The number of carbonyl (C=O) groups excluding carboxylic acids is 2. The number of hydrogen-bond donors (Lipinski definition) is 1. The van der Waals surface area contributed by atoms with E-state index in [2.05, 4.69) is 15.5 Å². The Morgan fingerprint density at radius 3 is 2.66 bits per heavy atom. The van der Waals surface area contributed by atoms with Gasteiger partial charge in [-0.2, -0.15) is 0 Å². The van der Waals surface area contributed by atoms with Gasteiger partial charge in [0.25, 0.3) is 17.5 Å². The van der Waals surface area contributed by atoms with Crippen molar-refractivity contribution in [1.82, 2.24) is 20.4 Å². The van der Waals surface area contributed by atoms with Crippen LogP contribution >= 0.6 is 0 Å². The van der Waals surface area contributed by atoms with Crippen molar-refractivity contribution < 1.29 is 14.1 Å². The molecule has 1 unspecified atom stereocenters. The summed E-state index contributed by atoms with van der Waals surface area (Å²) in [6.07, 6.45) is 2.95. The molecule has 2 aromatic heterocycles. The van der Waals surface area contributed by atoms with Crippen LogP contribution in [0.5, 0.6) is 0 Å². The SMILES string of the molecule is CNC(=O)c1cc(C2CC2)nc2onc(C3CCN(C(=O)c4ccccc4)C3)c12. The molecule has 2 aliphatic rings. The Morgan fingerprint density at radius 2 is 1.93 bits per heavy atom. The molecule has 1 atom stereocenters. The number of carbonyl (C=O) groups is 2. The third-order valence-electron chi connectivity index (χ3n) is 5.84. The van der Waals surface area contributed by atoms with Crippen LogP contribution in [0.4, 0.5) is 0 Å². The van der Waals surface area contributed by atoms with Crippen molar-refractivity contribution in [3.63, 3.8) is 0 Å². The van der Waals surface area contributed by atoms with Crippen LogP contribution in [0.25, 0.3) is 11.1 Å². The summed E-state index contributed by atoms with van der Waals surface area (Å²) in [5.41, 5.74) is 3.27. The molecule has 2 fully saturated rings. The summed E-state index contributed by atoms with van der Waals surface area (Å²) in [6, 6.07) is 11.2. The Kier molecular flexibility index (Phi) is 4.30. The molecule has 7 heteroatoms. The Balaban J connectivity index is 1.48. The zero-order valence-corrected chi connectivity index (χ0v) is 16.2. The lowest BCUT2D eigenvalue weighted by Gasteiger charge is -2.16. The molecule has 0 bridgehead atoms. The first-order valence-electron chi connectivity index (χ1n) is 10.0. The van der Waals surface area contributed by atoms with Crippen molar-refractivity contribution in [3.8, 4) is 0 Å². The Labute approximate surface area is 168 Å². The molecule has 29 heavy (non-hydrogen) atoms. The fourth-order valence-corrected chi connectivity index (χ4v) is 4.10. The smallest absolute Gasteiger partial charge is 0.259 e. The minimum atomic E-state index is -0.168. The minimum absolute atomic E-state index is 0.0147. The van der Waals surface area contributed by atoms with Crippen LogP contribution in [0, 0.1) is 0 Å². The molecule has 1 N–H and O–H groups in total. The van der Waals surface area contributed by atoms with Crippen LogP contribution in [-0.2, 0) is 0 Å². The number of nitrogens with one attached hydrogen (secondary N) is 1. The molecular formula is C22H22N4O3. The summed E-state index contributed by atoms with van der Waals surface area (Å²) in [5.74, 6) is 0.267. The average molecular weight is 390 g/mol. The number of aromatic nitrogens is 2. The highest BCUT2D eigenvalue weighted by Crippen LogP contribution is 2.41. The first kappa shape index (κ1) is 17.8. The Bertz CT molecular complexity index is 1090. The second-order valence-corrected chi connectivity index (χ2v) is 7.80. The molecular weight excluding hydrogens is 368 g/mol. The van der Waals surface area contributed by atoms with Gasteiger partial charge in [0.05, 0.1) is 16.6 Å². The van der Waals surface area contributed by atoms with E-state index >= 15 is 0 Å². The number of likely N-dealkylation sites (tertiary alicyclic amines) is 1. The average Bonchev–Trinajstić information content (AvgIpc) is 3.35. The van der Waals surface area contributed by atoms with Crippen LogP contribution in [0.15, 0.2) is 40.9 Å². The molecule has 0 spiro atoms. The fraction of sp³-hybridized carbons (Fsp3) is 0.364. The Morgan fingerprint density at radius 1 is 1.14 bits per heavy atom. The van der Waals surface area contributed by atoms with Gasteiger partial charge in [-0.1, -0.05) is 23.4 Å². The van der Waals surface area contributed by atoms with Crippen LogP contribution < -0.4 is 5.32 Å². The van der Waals surface area contributed by atoms with Crippen LogP contribution in [0.3, 0.4) is 0 Å². The van der Waals surface area contributed by atoms with E-state index in [1.807, 2.05) is 41.3 Å². The predicted octanol–water partition coefficient (Wildman–Crippen LogP) is 3.09. The van der Waals surface area contributed by atoms with Gasteiger partial charge in [0.1, 0.15) is 0 Å². The van der Waals surface area contributed by atoms with Crippen molar-refractivity contribution in [3.05, 3.63) is 58.9 Å².